The minimum Gasteiger partial charge on any atom is -0.455 e. The van der Waals surface area contributed by atoms with E-state index in [1.54, 1.807) is 0 Å². The Morgan fingerprint density at radius 1 is 0.381 bits per heavy atom. The smallest absolute Gasteiger partial charge is 0.238 e. The number of fused-ring (bicyclic) bond motifs is 11. The maximum atomic E-state index is 6.73. The monoisotopic (exact) mass is 805 g/mol. The van der Waals surface area contributed by atoms with Crippen LogP contribution < -0.4 is 4.90 Å². The van der Waals surface area contributed by atoms with Crippen molar-refractivity contribution in [2.24, 2.45) is 0 Å². The van der Waals surface area contributed by atoms with E-state index in [1.807, 2.05) is 30.3 Å². The van der Waals surface area contributed by atoms with E-state index in [9.17, 15) is 0 Å². The molecular weight excluding hydrogens is 771 g/mol. The van der Waals surface area contributed by atoms with Crippen LogP contribution in [0.3, 0.4) is 0 Å². The van der Waals surface area contributed by atoms with Crippen LogP contribution in [0.1, 0.15) is 0 Å². The number of furan rings is 1. The maximum absolute atomic E-state index is 6.73. The molecule has 0 aliphatic carbocycles. The normalized spacial score (nSPS) is 11.8. The standard InChI is InChI=1S/C57H35N5O/c1-3-17-38(18-4-1)55-58-56(48-34-40-20-10-12-24-45(40)53-46-25-13-14-26-51(46)63-54(48)53)60-57(59-55)62-49-32-30-43(35-47(49)52-44-23-11-9-16-37(44)28-31-50(52)62)61(41-21-5-2-6-22-41)42-29-27-36-15-7-8-19-39(36)33-42/h1-35H. The molecule has 0 radical (unpaired) electrons. The molecule has 0 unspecified atom stereocenters. The Labute approximate surface area is 361 Å². The lowest BCUT2D eigenvalue weighted by Gasteiger charge is -2.26. The Morgan fingerprint density at radius 3 is 1.81 bits per heavy atom. The molecule has 0 amide bonds. The SMILES string of the molecule is c1ccc(-c2nc(-c3cc4ccccc4c4c3oc3ccccc34)nc(-n3c4ccc(N(c5ccccc5)c5ccc6ccccc6c5)cc4c4c5ccccc5ccc43)n2)cc1. The van der Waals surface area contributed by atoms with Gasteiger partial charge in [0.25, 0.3) is 0 Å². The molecule has 13 aromatic rings. The molecule has 0 saturated heterocycles. The van der Waals surface area contributed by atoms with Gasteiger partial charge in [-0.3, -0.25) is 4.57 Å². The summed E-state index contributed by atoms with van der Waals surface area (Å²) in [6.07, 6.45) is 0. The van der Waals surface area contributed by atoms with Gasteiger partial charge in [0.15, 0.2) is 11.6 Å². The number of aromatic nitrogens is 4. The van der Waals surface area contributed by atoms with Crippen molar-refractivity contribution < 1.29 is 4.42 Å². The van der Waals surface area contributed by atoms with Crippen LogP contribution in [0, 0.1) is 0 Å². The third-order valence-corrected chi connectivity index (χ3v) is 12.4. The lowest BCUT2D eigenvalue weighted by molar-refractivity contribution is 0.669. The van der Waals surface area contributed by atoms with Crippen molar-refractivity contribution in [1.82, 2.24) is 19.5 Å². The molecule has 6 nitrogen and oxygen atoms in total. The summed E-state index contributed by atoms with van der Waals surface area (Å²) in [7, 11) is 0. The highest BCUT2D eigenvalue weighted by molar-refractivity contribution is 6.23. The van der Waals surface area contributed by atoms with Crippen LogP contribution in [0.4, 0.5) is 17.1 Å². The van der Waals surface area contributed by atoms with Crippen LogP contribution in [0.5, 0.6) is 0 Å². The summed E-state index contributed by atoms with van der Waals surface area (Å²) in [6.45, 7) is 0. The summed E-state index contributed by atoms with van der Waals surface area (Å²) < 4.78 is 8.94. The molecular formula is C57H35N5O. The molecule has 0 atom stereocenters. The van der Waals surface area contributed by atoms with E-state index in [2.05, 4.69) is 191 Å². The summed E-state index contributed by atoms with van der Waals surface area (Å²) >= 11 is 0. The van der Waals surface area contributed by atoms with Gasteiger partial charge in [0.05, 0.1) is 16.6 Å². The molecule has 0 aliphatic heterocycles. The molecule has 0 saturated carbocycles. The quantitative estimate of drug-likeness (QED) is 0.167. The highest BCUT2D eigenvalue weighted by Crippen LogP contribution is 2.44. The van der Waals surface area contributed by atoms with Gasteiger partial charge in [-0.25, -0.2) is 4.98 Å². The second-order valence-corrected chi connectivity index (χ2v) is 16.0. The number of rotatable bonds is 6. The molecule has 0 aliphatic rings. The number of para-hydroxylation sites is 2. The first-order chi connectivity index (χ1) is 31.2. The summed E-state index contributed by atoms with van der Waals surface area (Å²) in [4.78, 5) is 18.3. The molecule has 3 aromatic heterocycles. The zero-order valence-electron chi connectivity index (χ0n) is 33.9. The van der Waals surface area contributed by atoms with Crippen molar-refractivity contribution in [3.63, 3.8) is 0 Å². The number of hydrogen-bond donors (Lipinski definition) is 0. The van der Waals surface area contributed by atoms with Gasteiger partial charge in [-0.1, -0.05) is 152 Å². The van der Waals surface area contributed by atoms with E-state index in [1.165, 1.54) is 10.8 Å². The van der Waals surface area contributed by atoms with Crippen molar-refractivity contribution in [1.29, 1.82) is 0 Å². The average Bonchev–Trinajstić information content (AvgIpc) is 3.91. The Hall–Kier alpha value is -8.61. The second-order valence-electron chi connectivity index (χ2n) is 16.0. The molecule has 63 heavy (non-hydrogen) atoms. The largest absolute Gasteiger partial charge is 0.455 e. The number of anilines is 3. The molecule has 0 spiro atoms. The van der Waals surface area contributed by atoms with Crippen molar-refractivity contribution in [2.45, 2.75) is 0 Å². The lowest BCUT2D eigenvalue weighted by Crippen LogP contribution is -2.10. The topological polar surface area (TPSA) is 60.0 Å². The predicted octanol–water partition coefficient (Wildman–Crippen LogP) is 15.1. The molecule has 3 heterocycles. The van der Waals surface area contributed by atoms with Crippen LogP contribution in [0.25, 0.3) is 105 Å². The summed E-state index contributed by atoms with van der Waals surface area (Å²) in [5.41, 5.74) is 8.45. The van der Waals surface area contributed by atoms with Gasteiger partial charge in [-0.05, 0) is 93.0 Å². The predicted molar refractivity (Wildman–Crippen MR) is 260 cm³/mol. The third kappa shape index (κ3) is 5.62. The van der Waals surface area contributed by atoms with Gasteiger partial charge >= 0.3 is 0 Å². The van der Waals surface area contributed by atoms with Gasteiger partial charge in [0, 0.05) is 44.2 Å². The minimum atomic E-state index is 0.522. The first kappa shape index (κ1) is 35.2. The van der Waals surface area contributed by atoms with Crippen molar-refractivity contribution in [2.75, 3.05) is 4.90 Å². The number of benzene rings is 10. The fourth-order valence-corrected chi connectivity index (χ4v) is 9.51. The van der Waals surface area contributed by atoms with Gasteiger partial charge in [0.1, 0.15) is 11.2 Å². The second kappa shape index (κ2) is 14.0. The zero-order valence-corrected chi connectivity index (χ0v) is 33.9. The number of nitrogens with zero attached hydrogens (tertiary/aromatic N) is 5. The fourth-order valence-electron chi connectivity index (χ4n) is 9.51. The lowest BCUT2D eigenvalue weighted by atomic mass is 10.00. The molecule has 0 fully saturated rings. The molecule has 6 heteroatoms. The first-order valence-electron chi connectivity index (χ1n) is 21.2. The molecule has 294 valence electrons. The molecule has 13 rings (SSSR count). The van der Waals surface area contributed by atoms with Gasteiger partial charge < -0.3 is 9.32 Å². The Kier molecular flexibility index (Phi) is 7.80. The van der Waals surface area contributed by atoms with E-state index in [-0.39, 0.29) is 0 Å². The van der Waals surface area contributed by atoms with Gasteiger partial charge in [-0.2, -0.15) is 9.97 Å². The Balaban J connectivity index is 1.10. The molecule has 10 aromatic carbocycles. The van der Waals surface area contributed by atoms with E-state index < -0.39 is 0 Å². The highest BCUT2D eigenvalue weighted by Gasteiger charge is 2.24. The van der Waals surface area contributed by atoms with Crippen molar-refractivity contribution in [3.05, 3.63) is 212 Å². The summed E-state index contributed by atoms with van der Waals surface area (Å²) in [6, 6.07) is 74.6. The van der Waals surface area contributed by atoms with Crippen LogP contribution in [-0.4, -0.2) is 19.5 Å². The van der Waals surface area contributed by atoms with Gasteiger partial charge in [-0.15, -0.1) is 0 Å². The zero-order chi connectivity index (χ0) is 41.4. The Bertz CT molecular complexity index is 3930. The fraction of sp³-hybridized carbons (Fsp3) is 0. The van der Waals surface area contributed by atoms with Crippen LogP contribution in [0.2, 0.25) is 0 Å². The Morgan fingerprint density at radius 2 is 0.984 bits per heavy atom. The van der Waals surface area contributed by atoms with Gasteiger partial charge in [0.2, 0.25) is 5.95 Å². The van der Waals surface area contributed by atoms with Crippen LogP contribution in [0.15, 0.2) is 217 Å². The highest BCUT2D eigenvalue weighted by atomic mass is 16.3. The van der Waals surface area contributed by atoms with Crippen LogP contribution in [-0.2, 0) is 0 Å². The van der Waals surface area contributed by atoms with E-state index >= 15 is 0 Å². The average molecular weight is 806 g/mol. The van der Waals surface area contributed by atoms with Crippen molar-refractivity contribution >= 4 is 93.1 Å². The van der Waals surface area contributed by atoms with Crippen molar-refractivity contribution in [3.8, 4) is 28.7 Å². The minimum absolute atomic E-state index is 0.522. The molecule has 0 bridgehead atoms. The summed E-state index contributed by atoms with van der Waals surface area (Å²) in [5, 5.41) is 11.2. The van der Waals surface area contributed by atoms with E-state index in [0.717, 1.165) is 93.5 Å². The first-order valence-corrected chi connectivity index (χ1v) is 21.2. The van der Waals surface area contributed by atoms with E-state index in [0.29, 0.717) is 17.6 Å². The third-order valence-electron chi connectivity index (χ3n) is 12.4. The maximum Gasteiger partial charge on any atom is 0.238 e. The number of hydrogen-bond acceptors (Lipinski definition) is 5. The molecule has 0 N–H and O–H groups in total. The van der Waals surface area contributed by atoms with Crippen LogP contribution >= 0.6 is 0 Å². The summed E-state index contributed by atoms with van der Waals surface area (Å²) in [5.74, 6) is 1.63. The van der Waals surface area contributed by atoms with E-state index in [4.69, 9.17) is 19.4 Å².